The molecule has 1 atom stereocenters. The molecular formula is C25H30Cl2N4. The quantitative estimate of drug-likeness (QED) is 0.557. The molecule has 4 rings (SSSR count). The van der Waals surface area contributed by atoms with Crippen LogP contribution in [-0.2, 0) is 0 Å². The molecule has 2 aromatic rings. The van der Waals surface area contributed by atoms with Crippen molar-refractivity contribution in [3.8, 4) is 6.07 Å². The summed E-state index contributed by atoms with van der Waals surface area (Å²) in [6.07, 6.45) is 6.88. The van der Waals surface area contributed by atoms with Crippen molar-refractivity contribution in [1.82, 2.24) is 4.90 Å². The minimum absolute atomic E-state index is 0.0461. The van der Waals surface area contributed by atoms with E-state index in [0.29, 0.717) is 15.6 Å². The molecule has 1 aliphatic heterocycles. The molecule has 1 saturated carbocycles. The zero-order valence-corrected chi connectivity index (χ0v) is 19.6. The van der Waals surface area contributed by atoms with Crippen LogP contribution in [0.1, 0.15) is 56.2 Å². The van der Waals surface area contributed by atoms with Gasteiger partial charge in [0.15, 0.2) is 0 Å². The van der Waals surface area contributed by atoms with Crippen LogP contribution in [0.15, 0.2) is 36.4 Å². The van der Waals surface area contributed by atoms with Crippen LogP contribution in [0.5, 0.6) is 0 Å². The Kier molecular flexibility index (Phi) is 7.27. The molecule has 1 heterocycles. The SMILES string of the molecule is C[C@@H](Nc1cc(N2CCN(C3CCCCC3)CC2)ccc1C#N)c1ccc(Cl)cc1Cl. The first kappa shape index (κ1) is 22.3. The third kappa shape index (κ3) is 5.29. The van der Waals surface area contributed by atoms with Gasteiger partial charge in [-0.1, -0.05) is 48.5 Å². The van der Waals surface area contributed by atoms with Gasteiger partial charge >= 0.3 is 0 Å². The second-order valence-electron chi connectivity index (χ2n) is 8.69. The van der Waals surface area contributed by atoms with Gasteiger partial charge in [-0.15, -0.1) is 0 Å². The molecule has 0 amide bonds. The van der Waals surface area contributed by atoms with E-state index in [1.165, 1.54) is 37.8 Å². The summed E-state index contributed by atoms with van der Waals surface area (Å²) in [4.78, 5) is 5.12. The third-order valence-electron chi connectivity index (χ3n) is 6.70. The van der Waals surface area contributed by atoms with E-state index in [1.807, 2.05) is 25.1 Å². The highest BCUT2D eigenvalue weighted by atomic mass is 35.5. The van der Waals surface area contributed by atoms with Crippen LogP contribution >= 0.6 is 23.2 Å². The lowest BCUT2D eigenvalue weighted by atomic mass is 9.94. The molecule has 0 spiro atoms. The Bertz CT molecular complexity index is 941. The molecule has 2 fully saturated rings. The van der Waals surface area contributed by atoms with Gasteiger partial charge in [-0.3, -0.25) is 4.90 Å². The number of anilines is 2. The van der Waals surface area contributed by atoms with Crippen LogP contribution < -0.4 is 10.2 Å². The first-order valence-electron chi connectivity index (χ1n) is 11.3. The summed E-state index contributed by atoms with van der Waals surface area (Å²) in [5, 5.41) is 14.4. The van der Waals surface area contributed by atoms with Gasteiger partial charge in [0.25, 0.3) is 0 Å². The topological polar surface area (TPSA) is 42.3 Å². The van der Waals surface area contributed by atoms with Crippen LogP contribution in [0.4, 0.5) is 11.4 Å². The number of halogens is 2. The van der Waals surface area contributed by atoms with Gasteiger partial charge < -0.3 is 10.2 Å². The smallest absolute Gasteiger partial charge is 0.101 e. The van der Waals surface area contributed by atoms with Crippen molar-refractivity contribution in [3.05, 3.63) is 57.6 Å². The highest BCUT2D eigenvalue weighted by Gasteiger charge is 2.25. The summed E-state index contributed by atoms with van der Waals surface area (Å²) in [7, 11) is 0. The fourth-order valence-corrected chi connectivity index (χ4v) is 5.47. The maximum atomic E-state index is 9.62. The van der Waals surface area contributed by atoms with Crippen LogP contribution in [-0.4, -0.2) is 37.1 Å². The lowest BCUT2D eigenvalue weighted by Crippen LogP contribution is -2.50. The lowest BCUT2D eigenvalue weighted by Gasteiger charge is -2.41. The zero-order chi connectivity index (χ0) is 21.8. The maximum Gasteiger partial charge on any atom is 0.101 e. The molecule has 6 heteroatoms. The number of benzene rings is 2. The molecule has 164 valence electrons. The predicted octanol–water partition coefficient (Wildman–Crippen LogP) is 6.49. The molecule has 4 nitrogen and oxygen atoms in total. The van der Waals surface area contributed by atoms with Gasteiger partial charge in [-0.05, 0) is 55.7 Å². The zero-order valence-electron chi connectivity index (χ0n) is 18.1. The maximum absolute atomic E-state index is 9.62. The third-order valence-corrected chi connectivity index (χ3v) is 7.26. The summed E-state index contributed by atoms with van der Waals surface area (Å²) in [5.41, 5.74) is 3.61. The molecular weight excluding hydrogens is 427 g/mol. The summed E-state index contributed by atoms with van der Waals surface area (Å²) in [6, 6.07) is 14.7. The van der Waals surface area contributed by atoms with Crippen LogP contribution in [0, 0.1) is 11.3 Å². The first-order valence-corrected chi connectivity index (χ1v) is 12.1. The molecule has 2 aliphatic rings. The van der Waals surface area contributed by atoms with Crippen molar-refractivity contribution in [2.24, 2.45) is 0 Å². The summed E-state index contributed by atoms with van der Waals surface area (Å²) >= 11 is 12.4. The highest BCUT2D eigenvalue weighted by Crippen LogP contribution is 2.32. The number of nitrogens with one attached hydrogen (secondary N) is 1. The van der Waals surface area contributed by atoms with Gasteiger partial charge in [0, 0.05) is 48.0 Å². The molecule has 1 N–H and O–H groups in total. The van der Waals surface area contributed by atoms with Crippen molar-refractivity contribution in [3.63, 3.8) is 0 Å². The Balaban J connectivity index is 1.46. The standard InChI is InChI=1S/C25H30Cl2N4/c1-18(23-10-8-20(26)15-24(23)27)29-25-16-22(9-7-19(25)17-28)31-13-11-30(12-14-31)21-5-3-2-4-6-21/h7-10,15-16,18,21,29H,2-6,11-14H2,1H3/t18-/m1/s1. The lowest BCUT2D eigenvalue weighted by molar-refractivity contribution is 0.148. The predicted molar refractivity (Wildman–Crippen MR) is 130 cm³/mol. The van der Waals surface area contributed by atoms with Crippen molar-refractivity contribution >= 4 is 34.6 Å². The van der Waals surface area contributed by atoms with Gasteiger partial charge in [0.2, 0.25) is 0 Å². The van der Waals surface area contributed by atoms with Crippen LogP contribution in [0.2, 0.25) is 10.0 Å². The Hall–Kier alpha value is -1.93. The Morgan fingerprint density at radius 3 is 2.42 bits per heavy atom. The van der Waals surface area contributed by atoms with E-state index in [1.54, 1.807) is 6.07 Å². The first-order chi connectivity index (χ1) is 15.0. The minimum Gasteiger partial charge on any atom is -0.377 e. The Morgan fingerprint density at radius 2 is 1.74 bits per heavy atom. The van der Waals surface area contributed by atoms with Crippen molar-refractivity contribution in [2.45, 2.75) is 51.1 Å². The number of hydrogen-bond acceptors (Lipinski definition) is 4. The molecule has 0 bridgehead atoms. The number of rotatable bonds is 5. The molecule has 2 aromatic carbocycles. The fraction of sp³-hybridized carbons (Fsp3) is 0.480. The van der Waals surface area contributed by atoms with E-state index in [9.17, 15) is 5.26 Å². The number of piperazine rings is 1. The average molecular weight is 457 g/mol. The fourth-order valence-electron chi connectivity index (χ4n) is 4.90. The molecule has 0 unspecified atom stereocenters. The Labute approximate surface area is 195 Å². The van der Waals surface area contributed by atoms with Crippen LogP contribution in [0.3, 0.4) is 0 Å². The molecule has 31 heavy (non-hydrogen) atoms. The molecule has 1 saturated heterocycles. The van der Waals surface area contributed by atoms with E-state index in [0.717, 1.165) is 43.5 Å². The monoisotopic (exact) mass is 456 g/mol. The largest absolute Gasteiger partial charge is 0.377 e. The second-order valence-corrected chi connectivity index (χ2v) is 9.53. The van der Waals surface area contributed by atoms with Gasteiger partial charge in [0.05, 0.1) is 17.3 Å². The number of nitrogens with zero attached hydrogens (tertiary/aromatic N) is 3. The number of hydrogen-bond donors (Lipinski definition) is 1. The molecule has 0 aromatic heterocycles. The average Bonchev–Trinajstić information content (AvgIpc) is 2.79. The normalized spacial score (nSPS) is 19.1. The van der Waals surface area contributed by atoms with Crippen LogP contribution in [0.25, 0.3) is 0 Å². The summed E-state index contributed by atoms with van der Waals surface area (Å²) < 4.78 is 0. The second kappa shape index (κ2) is 10.1. The highest BCUT2D eigenvalue weighted by molar-refractivity contribution is 6.35. The van der Waals surface area contributed by atoms with E-state index in [2.05, 4.69) is 33.3 Å². The van der Waals surface area contributed by atoms with E-state index in [-0.39, 0.29) is 6.04 Å². The van der Waals surface area contributed by atoms with Crippen molar-refractivity contribution in [2.75, 3.05) is 36.4 Å². The van der Waals surface area contributed by atoms with Gasteiger partial charge in [0.1, 0.15) is 6.07 Å². The Morgan fingerprint density at radius 1 is 1.00 bits per heavy atom. The van der Waals surface area contributed by atoms with E-state index in [4.69, 9.17) is 23.2 Å². The van der Waals surface area contributed by atoms with Gasteiger partial charge in [-0.25, -0.2) is 0 Å². The molecule has 1 aliphatic carbocycles. The van der Waals surface area contributed by atoms with E-state index >= 15 is 0 Å². The van der Waals surface area contributed by atoms with E-state index < -0.39 is 0 Å². The molecule has 0 radical (unpaired) electrons. The minimum atomic E-state index is -0.0461. The summed E-state index contributed by atoms with van der Waals surface area (Å²) in [5.74, 6) is 0. The summed E-state index contributed by atoms with van der Waals surface area (Å²) in [6.45, 7) is 6.33. The van der Waals surface area contributed by atoms with Crippen molar-refractivity contribution < 1.29 is 0 Å². The van der Waals surface area contributed by atoms with Crippen molar-refractivity contribution in [1.29, 1.82) is 5.26 Å². The number of nitriles is 1. The van der Waals surface area contributed by atoms with Gasteiger partial charge in [-0.2, -0.15) is 5.26 Å².